The van der Waals surface area contributed by atoms with Crippen LogP contribution in [0.4, 0.5) is 4.79 Å². The van der Waals surface area contributed by atoms with Gasteiger partial charge in [-0.1, -0.05) is 56.3 Å². The van der Waals surface area contributed by atoms with Gasteiger partial charge in [-0.3, -0.25) is 0 Å². The highest BCUT2D eigenvalue weighted by Crippen LogP contribution is 2.29. The number of hydrogen-bond acceptors (Lipinski definition) is 2. The molecule has 0 saturated heterocycles. The Morgan fingerprint density at radius 1 is 1.16 bits per heavy atom. The van der Waals surface area contributed by atoms with Gasteiger partial charge in [0.1, 0.15) is 0 Å². The Hall–Kier alpha value is -2.03. The van der Waals surface area contributed by atoms with Gasteiger partial charge in [0.2, 0.25) is 0 Å². The highest BCUT2D eigenvalue weighted by Gasteiger charge is 2.23. The Labute approximate surface area is 113 Å². The first-order valence-electron chi connectivity index (χ1n) is 6.34. The molecule has 3 nitrogen and oxygen atoms in total. The van der Waals surface area contributed by atoms with E-state index in [0.29, 0.717) is 6.54 Å². The standard InChI is InChI=1S/C16H19NO2/c1-16(2,11-17-15(18)19-3)14-10-6-8-12-7-4-5-9-13(12)14/h4-10H,11H2,1-3H3,(H,17,18). The maximum Gasteiger partial charge on any atom is 0.406 e. The van der Waals surface area contributed by atoms with E-state index in [1.807, 2.05) is 12.1 Å². The van der Waals surface area contributed by atoms with Crippen LogP contribution >= 0.6 is 0 Å². The minimum atomic E-state index is -0.395. The normalized spacial score (nSPS) is 11.3. The average molecular weight is 257 g/mol. The van der Waals surface area contributed by atoms with Crippen LogP contribution in [0.15, 0.2) is 42.5 Å². The van der Waals surface area contributed by atoms with Gasteiger partial charge < -0.3 is 10.1 Å². The van der Waals surface area contributed by atoms with Crippen molar-refractivity contribution in [3.63, 3.8) is 0 Å². The molecule has 0 fully saturated rings. The van der Waals surface area contributed by atoms with Gasteiger partial charge in [-0.2, -0.15) is 0 Å². The number of carbonyl (C=O) groups excluding carboxylic acids is 1. The summed E-state index contributed by atoms with van der Waals surface area (Å²) in [6, 6.07) is 14.6. The lowest BCUT2D eigenvalue weighted by Crippen LogP contribution is -2.36. The Balaban J connectivity index is 2.34. The van der Waals surface area contributed by atoms with Crippen molar-refractivity contribution in [2.75, 3.05) is 13.7 Å². The van der Waals surface area contributed by atoms with Gasteiger partial charge in [0.05, 0.1) is 7.11 Å². The third kappa shape index (κ3) is 2.87. The van der Waals surface area contributed by atoms with Crippen LogP contribution in [-0.2, 0) is 10.2 Å². The molecular formula is C16H19NO2. The zero-order valence-corrected chi connectivity index (χ0v) is 11.6. The molecule has 0 heterocycles. The van der Waals surface area contributed by atoms with Crippen LogP contribution in [-0.4, -0.2) is 19.7 Å². The smallest absolute Gasteiger partial charge is 0.406 e. The first-order chi connectivity index (χ1) is 9.04. The van der Waals surface area contributed by atoms with Crippen LogP contribution < -0.4 is 5.32 Å². The van der Waals surface area contributed by atoms with E-state index in [9.17, 15) is 4.79 Å². The number of fused-ring (bicyclic) bond motifs is 1. The zero-order valence-electron chi connectivity index (χ0n) is 11.6. The Morgan fingerprint density at radius 2 is 1.84 bits per heavy atom. The molecule has 0 aromatic heterocycles. The van der Waals surface area contributed by atoms with E-state index in [1.54, 1.807) is 0 Å². The van der Waals surface area contributed by atoms with Crippen molar-refractivity contribution in [1.82, 2.24) is 5.32 Å². The summed E-state index contributed by atoms with van der Waals surface area (Å²) in [5, 5.41) is 5.21. The van der Waals surface area contributed by atoms with Crippen molar-refractivity contribution in [1.29, 1.82) is 0 Å². The van der Waals surface area contributed by atoms with Gasteiger partial charge in [0, 0.05) is 12.0 Å². The van der Waals surface area contributed by atoms with E-state index < -0.39 is 6.09 Å². The molecule has 0 spiro atoms. The summed E-state index contributed by atoms with van der Waals surface area (Å²) in [7, 11) is 1.38. The summed E-state index contributed by atoms with van der Waals surface area (Å²) in [6.45, 7) is 4.77. The van der Waals surface area contributed by atoms with Crippen LogP contribution in [0.25, 0.3) is 10.8 Å². The maximum absolute atomic E-state index is 11.2. The second kappa shape index (κ2) is 5.31. The van der Waals surface area contributed by atoms with Crippen molar-refractivity contribution < 1.29 is 9.53 Å². The number of amides is 1. The number of nitrogens with one attached hydrogen (secondary N) is 1. The number of methoxy groups -OCH3 is 1. The lowest BCUT2D eigenvalue weighted by Gasteiger charge is -2.27. The molecule has 0 radical (unpaired) electrons. The Kier molecular flexibility index (Phi) is 3.74. The van der Waals surface area contributed by atoms with E-state index in [1.165, 1.54) is 23.4 Å². The fourth-order valence-corrected chi connectivity index (χ4v) is 2.28. The largest absolute Gasteiger partial charge is 0.453 e. The van der Waals surface area contributed by atoms with Crippen LogP contribution in [0.2, 0.25) is 0 Å². The van der Waals surface area contributed by atoms with Crippen molar-refractivity contribution in [2.45, 2.75) is 19.3 Å². The van der Waals surface area contributed by atoms with Crippen LogP contribution in [0.1, 0.15) is 19.4 Å². The monoisotopic (exact) mass is 257 g/mol. The fraction of sp³-hybridized carbons (Fsp3) is 0.312. The average Bonchev–Trinajstić information content (AvgIpc) is 2.44. The molecule has 0 atom stereocenters. The number of alkyl carbamates (subject to hydrolysis) is 1. The molecule has 2 aromatic rings. The quantitative estimate of drug-likeness (QED) is 0.914. The molecule has 0 bridgehead atoms. The SMILES string of the molecule is COC(=O)NCC(C)(C)c1cccc2ccccc12. The summed E-state index contributed by atoms with van der Waals surface area (Å²) in [4.78, 5) is 11.2. The minimum absolute atomic E-state index is 0.158. The van der Waals surface area contributed by atoms with Gasteiger partial charge in [0.25, 0.3) is 0 Å². The van der Waals surface area contributed by atoms with Gasteiger partial charge in [-0.15, -0.1) is 0 Å². The van der Waals surface area contributed by atoms with E-state index in [0.717, 1.165) is 0 Å². The molecule has 0 aliphatic rings. The lowest BCUT2D eigenvalue weighted by molar-refractivity contribution is 0.168. The predicted molar refractivity (Wildman–Crippen MR) is 77.4 cm³/mol. The van der Waals surface area contributed by atoms with Crippen LogP contribution in [0.5, 0.6) is 0 Å². The number of carbonyl (C=O) groups is 1. The van der Waals surface area contributed by atoms with Crippen molar-refractivity contribution in [3.8, 4) is 0 Å². The summed E-state index contributed by atoms with van der Waals surface area (Å²) >= 11 is 0. The number of hydrogen-bond donors (Lipinski definition) is 1. The molecule has 0 aliphatic carbocycles. The third-order valence-electron chi connectivity index (χ3n) is 3.38. The predicted octanol–water partition coefficient (Wildman–Crippen LogP) is 3.47. The zero-order chi connectivity index (χ0) is 13.9. The van der Waals surface area contributed by atoms with Gasteiger partial charge in [-0.05, 0) is 16.3 Å². The van der Waals surface area contributed by atoms with E-state index in [4.69, 9.17) is 0 Å². The van der Waals surface area contributed by atoms with Crippen molar-refractivity contribution in [2.24, 2.45) is 0 Å². The molecule has 1 amide bonds. The molecule has 2 aromatic carbocycles. The van der Waals surface area contributed by atoms with Crippen LogP contribution in [0, 0.1) is 0 Å². The molecule has 0 unspecified atom stereocenters. The van der Waals surface area contributed by atoms with E-state index in [-0.39, 0.29) is 5.41 Å². The maximum atomic E-state index is 11.2. The third-order valence-corrected chi connectivity index (χ3v) is 3.38. The van der Waals surface area contributed by atoms with E-state index >= 15 is 0 Å². The number of benzene rings is 2. The highest BCUT2D eigenvalue weighted by molar-refractivity contribution is 5.86. The minimum Gasteiger partial charge on any atom is -0.453 e. The van der Waals surface area contributed by atoms with Crippen LogP contribution in [0.3, 0.4) is 0 Å². The molecular weight excluding hydrogens is 238 g/mol. The second-order valence-corrected chi connectivity index (χ2v) is 5.26. The lowest BCUT2D eigenvalue weighted by atomic mass is 9.81. The van der Waals surface area contributed by atoms with Gasteiger partial charge in [0.15, 0.2) is 0 Å². The van der Waals surface area contributed by atoms with Gasteiger partial charge >= 0.3 is 6.09 Å². The molecule has 100 valence electrons. The summed E-state index contributed by atoms with van der Waals surface area (Å²) in [5.74, 6) is 0. The number of ether oxygens (including phenoxy) is 1. The topological polar surface area (TPSA) is 38.3 Å². The summed E-state index contributed by atoms with van der Waals surface area (Å²) < 4.78 is 4.62. The van der Waals surface area contributed by atoms with Gasteiger partial charge in [-0.25, -0.2) is 4.79 Å². The fourth-order valence-electron chi connectivity index (χ4n) is 2.28. The summed E-state index contributed by atoms with van der Waals surface area (Å²) in [5.41, 5.74) is 1.07. The molecule has 19 heavy (non-hydrogen) atoms. The second-order valence-electron chi connectivity index (χ2n) is 5.26. The van der Waals surface area contributed by atoms with Crippen molar-refractivity contribution >= 4 is 16.9 Å². The summed E-state index contributed by atoms with van der Waals surface area (Å²) in [6.07, 6.45) is -0.395. The Bertz CT molecular complexity index is 585. The first kappa shape index (κ1) is 13.4. The number of rotatable bonds is 3. The molecule has 1 N–H and O–H groups in total. The molecule has 0 saturated carbocycles. The molecule has 3 heteroatoms. The van der Waals surface area contributed by atoms with E-state index in [2.05, 4.69) is 54.2 Å². The highest BCUT2D eigenvalue weighted by atomic mass is 16.5. The first-order valence-corrected chi connectivity index (χ1v) is 6.34. The Morgan fingerprint density at radius 3 is 2.58 bits per heavy atom. The molecule has 2 rings (SSSR count). The molecule has 0 aliphatic heterocycles. The van der Waals surface area contributed by atoms with Crippen molar-refractivity contribution in [3.05, 3.63) is 48.0 Å².